The second-order valence-electron chi connectivity index (χ2n) is 5.77. The Balaban J connectivity index is 2.15. The van der Waals surface area contributed by atoms with E-state index in [-0.39, 0.29) is 12.2 Å². The zero-order chi connectivity index (χ0) is 16.4. The number of nitrogens with zero attached hydrogens (tertiary/aromatic N) is 5. The third kappa shape index (κ3) is 2.94. The van der Waals surface area contributed by atoms with Crippen molar-refractivity contribution in [3.63, 3.8) is 0 Å². The molecule has 0 unspecified atom stereocenters. The molecule has 1 aromatic heterocycles. The molecule has 0 aliphatic carbocycles. The number of rotatable bonds is 2. The highest BCUT2D eigenvalue weighted by Crippen LogP contribution is 2.28. The van der Waals surface area contributed by atoms with Crippen LogP contribution in [0.4, 0.5) is 5.82 Å². The maximum Gasteiger partial charge on any atom is 0.178 e. The molecular formula is C17H17N5O. The van der Waals surface area contributed by atoms with Crippen LogP contribution in [-0.4, -0.2) is 35.3 Å². The van der Waals surface area contributed by atoms with Crippen LogP contribution in [0.25, 0.3) is 11.0 Å². The van der Waals surface area contributed by atoms with Crippen molar-refractivity contribution in [3.8, 4) is 12.1 Å². The smallest absolute Gasteiger partial charge is 0.178 e. The lowest BCUT2D eigenvalue weighted by Crippen LogP contribution is -2.46. The number of hydrogen-bond acceptors (Lipinski definition) is 6. The molecule has 1 saturated heterocycles. The summed E-state index contributed by atoms with van der Waals surface area (Å²) >= 11 is 0. The lowest BCUT2D eigenvalue weighted by molar-refractivity contribution is -0.00551. The molecule has 0 saturated carbocycles. The molecule has 1 aromatic carbocycles. The Morgan fingerprint density at radius 2 is 1.65 bits per heavy atom. The summed E-state index contributed by atoms with van der Waals surface area (Å²) in [4.78, 5) is 11.3. The lowest BCUT2D eigenvalue weighted by Gasteiger charge is -2.36. The van der Waals surface area contributed by atoms with Gasteiger partial charge in [0.05, 0.1) is 35.4 Å². The molecule has 2 atom stereocenters. The van der Waals surface area contributed by atoms with Crippen molar-refractivity contribution in [1.29, 1.82) is 10.5 Å². The minimum absolute atomic E-state index is 0.0579. The number of ether oxygens (including phenoxy) is 1. The maximum atomic E-state index is 9.29. The Bertz CT molecular complexity index is 783. The summed E-state index contributed by atoms with van der Waals surface area (Å²) in [7, 11) is 0. The van der Waals surface area contributed by atoms with Gasteiger partial charge < -0.3 is 9.64 Å². The van der Waals surface area contributed by atoms with Crippen molar-refractivity contribution in [3.05, 3.63) is 30.0 Å². The van der Waals surface area contributed by atoms with E-state index in [1.165, 1.54) is 0 Å². The van der Waals surface area contributed by atoms with Gasteiger partial charge in [-0.15, -0.1) is 0 Å². The molecule has 0 spiro atoms. The molecule has 6 heteroatoms. The van der Waals surface area contributed by atoms with E-state index < -0.39 is 5.92 Å². The fourth-order valence-corrected chi connectivity index (χ4v) is 2.93. The average Bonchev–Trinajstić information content (AvgIpc) is 2.54. The van der Waals surface area contributed by atoms with Crippen LogP contribution in [0.15, 0.2) is 24.3 Å². The first-order valence-electron chi connectivity index (χ1n) is 7.58. The van der Waals surface area contributed by atoms with Gasteiger partial charge in [0.1, 0.15) is 5.69 Å². The van der Waals surface area contributed by atoms with Crippen LogP contribution in [-0.2, 0) is 4.74 Å². The van der Waals surface area contributed by atoms with E-state index in [2.05, 4.69) is 9.88 Å². The molecule has 1 fully saturated rings. The standard InChI is InChI=1S/C17H17N5O/c1-11-9-22(10-12(2)23-11)17-16(13(7-18)8-19)20-14-5-3-4-6-15(14)21-17/h3-6,11-13H,9-10H2,1-2H3/t11-,12-/m0/s1. The van der Waals surface area contributed by atoms with Gasteiger partial charge in [-0.3, -0.25) is 0 Å². The highest BCUT2D eigenvalue weighted by molar-refractivity contribution is 5.77. The quantitative estimate of drug-likeness (QED) is 0.846. The fourth-order valence-electron chi connectivity index (χ4n) is 2.93. The Morgan fingerprint density at radius 3 is 2.22 bits per heavy atom. The van der Waals surface area contributed by atoms with Crippen LogP contribution >= 0.6 is 0 Å². The minimum atomic E-state index is -0.935. The van der Waals surface area contributed by atoms with Gasteiger partial charge in [-0.25, -0.2) is 9.97 Å². The van der Waals surface area contributed by atoms with E-state index >= 15 is 0 Å². The Hall–Kier alpha value is -2.70. The minimum Gasteiger partial charge on any atom is -0.372 e. The number of fused-ring (bicyclic) bond motifs is 1. The second-order valence-corrected chi connectivity index (χ2v) is 5.77. The fraction of sp³-hybridized carbons (Fsp3) is 0.412. The zero-order valence-electron chi connectivity index (χ0n) is 13.1. The topological polar surface area (TPSA) is 85.8 Å². The molecule has 1 aliphatic rings. The van der Waals surface area contributed by atoms with E-state index in [4.69, 9.17) is 9.72 Å². The largest absolute Gasteiger partial charge is 0.372 e. The van der Waals surface area contributed by atoms with E-state index in [9.17, 15) is 10.5 Å². The molecule has 3 rings (SSSR count). The van der Waals surface area contributed by atoms with Crippen LogP contribution < -0.4 is 4.90 Å². The summed E-state index contributed by atoms with van der Waals surface area (Å²) < 4.78 is 5.76. The third-order valence-corrected chi connectivity index (χ3v) is 3.83. The molecule has 6 nitrogen and oxygen atoms in total. The van der Waals surface area contributed by atoms with Gasteiger partial charge in [-0.05, 0) is 26.0 Å². The maximum absolute atomic E-state index is 9.29. The van der Waals surface area contributed by atoms with E-state index in [1.807, 2.05) is 50.3 Å². The zero-order valence-corrected chi connectivity index (χ0v) is 13.1. The number of morpholine rings is 1. The molecule has 0 bridgehead atoms. The molecule has 0 radical (unpaired) electrons. The summed E-state index contributed by atoms with van der Waals surface area (Å²) in [6, 6.07) is 11.5. The van der Waals surface area contributed by atoms with Gasteiger partial charge in [0, 0.05) is 13.1 Å². The Kier molecular flexibility index (Phi) is 4.10. The van der Waals surface area contributed by atoms with Gasteiger partial charge in [-0.2, -0.15) is 10.5 Å². The number of aromatic nitrogens is 2. The predicted molar refractivity (Wildman–Crippen MR) is 85.7 cm³/mol. The SMILES string of the molecule is C[C@H]1CN(c2nc3ccccc3nc2C(C#N)C#N)C[C@H](C)O1. The Morgan fingerprint density at radius 1 is 1.09 bits per heavy atom. The molecule has 1 aliphatic heterocycles. The van der Waals surface area contributed by atoms with Crippen LogP contribution in [0.5, 0.6) is 0 Å². The van der Waals surface area contributed by atoms with Crippen LogP contribution in [0.1, 0.15) is 25.5 Å². The van der Waals surface area contributed by atoms with Gasteiger partial charge >= 0.3 is 0 Å². The highest BCUT2D eigenvalue weighted by atomic mass is 16.5. The lowest BCUT2D eigenvalue weighted by atomic mass is 10.1. The molecule has 2 heterocycles. The molecule has 0 N–H and O–H groups in total. The average molecular weight is 307 g/mol. The predicted octanol–water partition coefficient (Wildman–Crippen LogP) is 2.37. The second kappa shape index (κ2) is 6.20. The summed E-state index contributed by atoms with van der Waals surface area (Å²) in [6.45, 7) is 5.33. The van der Waals surface area contributed by atoms with Crippen molar-refractivity contribution in [1.82, 2.24) is 9.97 Å². The molecule has 2 aromatic rings. The first-order valence-corrected chi connectivity index (χ1v) is 7.58. The van der Waals surface area contributed by atoms with Crippen molar-refractivity contribution < 1.29 is 4.74 Å². The van der Waals surface area contributed by atoms with Crippen molar-refractivity contribution in [2.45, 2.75) is 32.0 Å². The molecule has 23 heavy (non-hydrogen) atoms. The Labute approximate surface area is 134 Å². The number of benzene rings is 1. The summed E-state index contributed by atoms with van der Waals surface area (Å²) in [6.07, 6.45) is 0.116. The normalized spacial score (nSPS) is 21.2. The summed E-state index contributed by atoms with van der Waals surface area (Å²) in [5, 5.41) is 18.6. The van der Waals surface area contributed by atoms with Gasteiger partial charge in [0.25, 0.3) is 0 Å². The first kappa shape index (κ1) is 15.2. The number of hydrogen-bond donors (Lipinski definition) is 0. The van der Waals surface area contributed by atoms with Crippen molar-refractivity contribution in [2.24, 2.45) is 0 Å². The monoisotopic (exact) mass is 307 g/mol. The van der Waals surface area contributed by atoms with Gasteiger partial charge in [0.2, 0.25) is 0 Å². The molecule has 0 amide bonds. The van der Waals surface area contributed by atoms with Crippen LogP contribution in [0.2, 0.25) is 0 Å². The van der Waals surface area contributed by atoms with E-state index in [0.29, 0.717) is 30.1 Å². The third-order valence-electron chi connectivity index (χ3n) is 3.83. The van der Waals surface area contributed by atoms with E-state index in [0.717, 1.165) is 5.52 Å². The van der Waals surface area contributed by atoms with Crippen LogP contribution in [0.3, 0.4) is 0 Å². The molecule has 116 valence electrons. The summed E-state index contributed by atoms with van der Waals surface area (Å²) in [5.74, 6) is -0.325. The van der Waals surface area contributed by atoms with Crippen LogP contribution in [0, 0.1) is 22.7 Å². The van der Waals surface area contributed by atoms with Gasteiger partial charge in [-0.1, -0.05) is 12.1 Å². The number of nitriles is 2. The first-order chi connectivity index (χ1) is 11.1. The number of para-hydroxylation sites is 2. The highest BCUT2D eigenvalue weighted by Gasteiger charge is 2.28. The number of anilines is 1. The van der Waals surface area contributed by atoms with E-state index in [1.54, 1.807) is 0 Å². The van der Waals surface area contributed by atoms with Crippen molar-refractivity contribution in [2.75, 3.05) is 18.0 Å². The summed E-state index contributed by atoms with van der Waals surface area (Å²) in [5.41, 5.74) is 1.87. The van der Waals surface area contributed by atoms with Gasteiger partial charge in [0.15, 0.2) is 11.7 Å². The molecular weight excluding hydrogens is 290 g/mol. The van der Waals surface area contributed by atoms with Crippen molar-refractivity contribution >= 4 is 16.9 Å².